The minimum atomic E-state index is 0. The molecule has 0 unspecified atom stereocenters. The van der Waals surface area contributed by atoms with E-state index in [0.717, 1.165) is 5.92 Å². The summed E-state index contributed by atoms with van der Waals surface area (Å²) >= 11 is 0. The molecule has 1 saturated carbocycles. The summed E-state index contributed by atoms with van der Waals surface area (Å²) in [6.45, 7) is 2.32. The third-order valence-electron chi connectivity index (χ3n) is 2.30. The molecule has 56 valence electrons. The van der Waals surface area contributed by atoms with Gasteiger partial charge >= 0.3 is 0 Å². The van der Waals surface area contributed by atoms with Crippen LogP contribution >= 0.6 is 0 Å². The van der Waals surface area contributed by atoms with Crippen LogP contribution in [-0.2, 0) is 0 Å². The summed E-state index contributed by atoms with van der Waals surface area (Å²) in [4.78, 5) is 0. The molecule has 0 aliphatic heterocycles. The third-order valence-corrected chi connectivity index (χ3v) is 2.30. The minimum absolute atomic E-state index is 0. The topological polar surface area (TPSA) is 31.5 Å². The van der Waals surface area contributed by atoms with E-state index < -0.39 is 0 Å². The van der Waals surface area contributed by atoms with Crippen molar-refractivity contribution in [2.24, 2.45) is 5.92 Å². The maximum absolute atomic E-state index is 2.32. The average molecular weight is 130 g/mol. The van der Waals surface area contributed by atoms with Crippen LogP contribution < -0.4 is 0 Å². The molecule has 1 aliphatic rings. The standard InChI is InChI=1S/C8H16.H2O/c1-2-8-6-4-3-5-7-8;/h8H,2-7H2,1H3;1H2. The third kappa shape index (κ3) is 2.85. The summed E-state index contributed by atoms with van der Waals surface area (Å²) in [5.74, 6) is 1.09. The molecular formula is C8H18O. The van der Waals surface area contributed by atoms with Crippen molar-refractivity contribution in [3.05, 3.63) is 0 Å². The van der Waals surface area contributed by atoms with Crippen molar-refractivity contribution in [1.29, 1.82) is 0 Å². The van der Waals surface area contributed by atoms with Gasteiger partial charge in [-0.25, -0.2) is 0 Å². The summed E-state index contributed by atoms with van der Waals surface area (Å²) in [6, 6.07) is 0. The van der Waals surface area contributed by atoms with E-state index in [0.29, 0.717) is 0 Å². The zero-order chi connectivity index (χ0) is 5.82. The maximum Gasteiger partial charge on any atom is -0.0417 e. The lowest BCUT2D eigenvalue weighted by molar-refractivity contribution is 0.349. The molecule has 0 bridgehead atoms. The first-order valence-electron chi connectivity index (χ1n) is 3.93. The van der Waals surface area contributed by atoms with E-state index in [2.05, 4.69) is 6.92 Å². The molecule has 0 radical (unpaired) electrons. The van der Waals surface area contributed by atoms with Crippen LogP contribution in [0.1, 0.15) is 45.4 Å². The van der Waals surface area contributed by atoms with Gasteiger partial charge in [0.05, 0.1) is 0 Å². The van der Waals surface area contributed by atoms with Crippen molar-refractivity contribution in [2.45, 2.75) is 45.4 Å². The Bertz CT molecular complexity index is 55.6. The second kappa shape index (κ2) is 4.80. The largest absolute Gasteiger partial charge is 0.412 e. The summed E-state index contributed by atoms with van der Waals surface area (Å²) < 4.78 is 0. The Labute approximate surface area is 57.8 Å². The Morgan fingerprint density at radius 2 is 1.67 bits per heavy atom. The minimum Gasteiger partial charge on any atom is -0.412 e. The molecule has 0 heterocycles. The highest BCUT2D eigenvalue weighted by atomic mass is 16.0. The predicted molar refractivity (Wildman–Crippen MR) is 40.5 cm³/mol. The van der Waals surface area contributed by atoms with Gasteiger partial charge in [0.2, 0.25) is 0 Å². The van der Waals surface area contributed by atoms with E-state index >= 15 is 0 Å². The second-order valence-corrected chi connectivity index (χ2v) is 2.91. The number of hydrogen-bond donors (Lipinski definition) is 0. The van der Waals surface area contributed by atoms with E-state index in [1.807, 2.05) is 0 Å². The Hall–Kier alpha value is -0.0400. The molecule has 1 nitrogen and oxygen atoms in total. The molecule has 1 fully saturated rings. The normalized spacial score (nSPS) is 21.0. The summed E-state index contributed by atoms with van der Waals surface area (Å²) in [7, 11) is 0. The monoisotopic (exact) mass is 130 g/mol. The zero-order valence-electron chi connectivity index (χ0n) is 6.32. The molecule has 1 heteroatoms. The van der Waals surface area contributed by atoms with Crippen LogP contribution in [-0.4, -0.2) is 5.48 Å². The van der Waals surface area contributed by atoms with Gasteiger partial charge in [0.15, 0.2) is 0 Å². The van der Waals surface area contributed by atoms with Crippen LogP contribution in [0.25, 0.3) is 0 Å². The second-order valence-electron chi connectivity index (χ2n) is 2.91. The Morgan fingerprint density at radius 1 is 1.11 bits per heavy atom. The van der Waals surface area contributed by atoms with Crippen LogP contribution in [0.15, 0.2) is 0 Å². The van der Waals surface area contributed by atoms with Crippen molar-refractivity contribution in [3.8, 4) is 0 Å². The molecule has 0 saturated heterocycles. The number of rotatable bonds is 1. The summed E-state index contributed by atoms with van der Waals surface area (Å²) in [5, 5.41) is 0. The SMILES string of the molecule is CCC1CCCCC1.O. The van der Waals surface area contributed by atoms with E-state index in [-0.39, 0.29) is 5.48 Å². The molecule has 1 aliphatic carbocycles. The first-order chi connectivity index (χ1) is 3.93. The predicted octanol–water partition coefficient (Wildman–Crippen LogP) is 2.15. The fourth-order valence-electron chi connectivity index (χ4n) is 1.60. The van der Waals surface area contributed by atoms with Crippen LogP contribution in [0.2, 0.25) is 0 Å². The lowest BCUT2D eigenvalue weighted by atomic mass is 9.88. The Balaban J connectivity index is 0.000000640. The molecule has 1 rings (SSSR count). The molecule has 0 aromatic carbocycles. The smallest absolute Gasteiger partial charge is 0.0417 e. The van der Waals surface area contributed by atoms with Crippen LogP contribution in [0.3, 0.4) is 0 Å². The van der Waals surface area contributed by atoms with Crippen molar-refractivity contribution in [3.63, 3.8) is 0 Å². The van der Waals surface area contributed by atoms with E-state index in [1.54, 1.807) is 0 Å². The molecule has 0 aromatic heterocycles. The van der Waals surface area contributed by atoms with Gasteiger partial charge in [-0.2, -0.15) is 0 Å². The van der Waals surface area contributed by atoms with Gasteiger partial charge in [-0.15, -0.1) is 0 Å². The van der Waals surface area contributed by atoms with Crippen LogP contribution in [0.5, 0.6) is 0 Å². The lowest BCUT2D eigenvalue weighted by Crippen LogP contribution is -2.03. The van der Waals surface area contributed by atoms with E-state index in [1.165, 1.54) is 38.5 Å². The fraction of sp³-hybridized carbons (Fsp3) is 1.00. The van der Waals surface area contributed by atoms with Gasteiger partial charge in [-0.05, 0) is 5.92 Å². The molecular weight excluding hydrogens is 112 g/mol. The molecule has 0 spiro atoms. The van der Waals surface area contributed by atoms with Gasteiger partial charge in [0.1, 0.15) is 0 Å². The fourth-order valence-corrected chi connectivity index (χ4v) is 1.60. The highest BCUT2D eigenvalue weighted by Crippen LogP contribution is 2.25. The first-order valence-corrected chi connectivity index (χ1v) is 3.93. The highest BCUT2D eigenvalue weighted by molar-refractivity contribution is 4.63. The maximum atomic E-state index is 2.32. The average Bonchev–Trinajstić information content (AvgIpc) is 1.90. The van der Waals surface area contributed by atoms with Crippen molar-refractivity contribution < 1.29 is 5.48 Å². The van der Waals surface area contributed by atoms with Gasteiger partial charge in [-0.1, -0.05) is 45.4 Å². The van der Waals surface area contributed by atoms with E-state index in [4.69, 9.17) is 0 Å². The van der Waals surface area contributed by atoms with Crippen LogP contribution in [0.4, 0.5) is 0 Å². The van der Waals surface area contributed by atoms with Gasteiger partial charge in [0, 0.05) is 0 Å². The van der Waals surface area contributed by atoms with Gasteiger partial charge in [-0.3, -0.25) is 0 Å². The Kier molecular flexibility index (Phi) is 4.78. The van der Waals surface area contributed by atoms with Crippen LogP contribution in [0, 0.1) is 5.92 Å². The zero-order valence-corrected chi connectivity index (χ0v) is 6.32. The molecule has 0 amide bonds. The highest BCUT2D eigenvalue weighted by Gasteiger charge is 2.09. The summed E-state index contributed by atoms with van der Waals surface area (Å²) in [6.07, 6.45) is 8.93. The van der Waals surface area contributed by atoms with E-state index in [9.17, 15) is 0 Å². The molecule has 0 aromatic rings. The van der Waals surface area contributed by atoms with Crippen molar-refractivity contribution in [2.75, 3.05) is 0 Å². The first kappa shape index (κ1) is 8.96. The van der Waals surface area contributed by atoms with Crippen molar-refractivity contribution in [1.82, 2.24) is 0 Å². The molecule has 0 atom stereocenters. The molecule has 2 N–H and O–H groups in total. The van der Waals surface area contributed by atoms with Gasteiger partial charge < -0.3 is 5.48 Å². The number of hydrogen-bond acceptors (Lipinski definition) is 0. The summed E-state index contributed by atoms with van der Waals surface area (Å²) in [5.41, 5.74) is 0. The lowest BCUT2D eigenvalue weighted by Gasteiger charge is -2.18. The Morgan fingerprint density at radius 3 is 2.00 bits per heavy atom. The van der Waals surface area contributed by atoms with Crippen molar-refractivity contribution >= 4 is 0 Å². The quantitative estimate of drug-likeness (QED) is 0.521. The van der Waals surface area contributed by atoms with Gasteiger partial charge in [0.25, 0.3) is 0 Å². The molecule has 9 heavy (non-hydrogen) atoms.